The van der Waals surface area contributed by atoms with E-state index < -0.39 is 25.1 Å². The van der Waals surface area contributed by atoms with Gasteiger partial charge in [-0.25, -0.2) is 21.6 Å². The maximum absolute atomic E-state index is 13.2. The van der Waals surface area contributed by atoms with Crippen LogP contribution in [0.2, 0.25) is 0 Å². The third kappa shape index (κ3) is 5.75. The maximum Gasteiger partial charge on any atom is 0.211 e. The summed E-state index contributed by atoms with van der Waals surface area (Å²) < 4.78 is 58.1. The first-order valence-corrected chi connectivity index (χ1v) is 11.7. The van der Waals surface area contributed by atoms with Crippen LogP contribution >= 0.6 is 0 Å². The number of unbranched alkanes of at least 4 members (excludes halogenated alkanes) is 1. The zero-order valence-electron chi connectivity index (χ0n) is 15.3. The Bertz CT molecular complexity index is 927. The summed E-state index contributed by atoms with van der Waals surface area (Å²) in [4.78, 5) is 4.06. The second-order valence-corrected chi connectivity index (χ2v) is 10.1. The van der Waals surface area contributed by atoms with Gasteiger partial charge in [-0.3, -0.25) is 4.98 Å². The van der Waals surface area contributed by atoms with Gasteiger partial charge in [0.2, 0.25) is 10.0 Å². The predicted octanol–water partition coefficient (Wildman–Crippen LogP) is 2.32. The normalized spacial score (nSPS) is 13.3. The van der Waals surface area contributed by atoms with Gasteiger partial charge in [-0.1, -0.05) is 19.4 Å². The minimum Gasteiger partial charge on any atom is -0.497 e. The molecule has 9 heteroatoms. The van der Waals surface area contributed by atoms with Gasteiger partial charge in [0.15, 0.2) is 9.84 Å². The molecule has 0 saturated carbocycles. The SMILES string of the molecule is CCCCS(=O)(=O)NC[C@H](c1cccnc1)S(=O)(=O)c1ccc(OC)cc1. The van der Waals surface area contributed by atoms with Gasteiger partial charge in [0.05, 0.1) is 17.8 Å². The summed E-state index contributed by atoms with van der Waals surface area (Å²) >= 11 is 0. The van der Waals surface area contributed by atoms with Crippen LogP contribution in [-0.4, -0.2) is 41.2 Å². The predicted molar refractivity (Wildman–Crippen MR) is 104 cm³/mol. The molecular weight excluding hydrogens is 388 g/mol. The number of benzene rings is 1. The molecule has 0 radical (unpaired) electrons. The standard InChI is InChI=1S/C18H24N2O5S2/c1-3-4-12-26(21,22)20-14-18(15-6-5-11-19-13-15)27(23,24)17-9-7-16(25-2)8-10-17/h5-11,13,18,20H,3-4,12,14H2,1-2H3/t18-/m1/s1. The summed E-state index contributed by atoms with van der Waals surface area (Å²) in [5.74, 6) is 0.499. The summed E-state index contributed by atoms with van der Waals surface area (Å²) in [6.45, 7) is 1.63. The van der Waals surface area contributed by atoms with E-state index in [2.05, 4.69) is 9.71 Å². The molecule has 0 aliphatic carbocycles. The van der Waals surface area contributed by atoms with E-state index in [0.717, 1.165) is 6.42 Å². The number of ether oxygens (including phenoxy) is 1. The van der Waals surface area contributed by atoms with Crippen LogP contribution in [0.3, 0.4) is 0 Å². The first kappa shape index (κ1) is 21.3. The van der Waals surface area contributed by atoms with Gasteiger partial charge in [-0.2, -0.15) is 0 Å². The number of hydrogen-bond donors (Lipinski definition) is 1. The lowest BCUT2D eigenvalue weighted by Crippen LogP contribution is -2.33. The van der Waals surface area contributed by atoms with Gasteiger partial charge < -0.3 is 4.74 Å². The highest BCUT2D eigenvalue weighted by Crippen LogP contribution is 2.29. The summed E-state index contributed by atoms with van der Waals surface area (Å²) in [6.07, 6.45) is 4.22. The highest BCUT2D eigenvalue weighted by atomic mass is 32.2. The minimum absolute atomic E-state index is 0.0359. The molecule has 27 heavy (non-hydrogen) atoms. The molecule has 1 aromatic heterocycles. The molecule has 0 unspecified atom stereocenters. The van der Waals surface area contributed by atoms with Crippen LogP contribution in [0, 0.1) is 0 Å². The lowest BCUT2D eigenvalue weighted by Gasteiger charge is -2.19. The Hall–Kier alpha value is -1.97. The van der Waals surface area contributed by atoms with Gasteiger partial charge in [0, 0.05) is 18.9 Å². The van der Waals surface area contributed by atoms with Crippen molar-refractivity contribution in [2.75, 3.05) is 19.4 Å². The Labute approximate surface area is 160 Å². The molecule has 0 spiro atoms. The number of nitrogens with zero attached hydrogens (tertiary/aromatic N) is 1. The smallest absolute Gasteiger partial charge is 0.211 e. The third-order valence-corrected chi connectivity index (χ3v) is 7.62. The number of methoxy groups -OCH3 is 1. The first-order chi connectivity index (χ1) is 12.8. The van der Waals surface area contributed by atoms with Crippen molar-refractivity contribution in [3.05, 3.63) is 54.4 Å². The number of hydrogen-bond acceptors (Lipinski definition) is 6. The van der Waals surface area contributed by atoms with Crippen LogP contribution in [0.25, 0.3) is 0 Å². The Morgan fingerprint density at radius 2 is 1.81 bits per heavy atom. The minimum atomic E-state index is -3.84. The Morgan fingerprint density at radius 1 is 1.11 bits per heavy atom. The van der Waals surface area contributed by atoms with Crippen LogP contribution in [0.4, 0.5) is 0 Å². The van der Waals surface area contributed by atoms with Crippen LogP contribution in [0.5, 0.6) is 5.75 Å². The molecule has 1 heterocycles. The van der Waals surface area contributed by atoms with Crippen molar-refractivity contribution < 1.29 is 21.6 Å². The Balaban J connectivity index is 2.34. The fourth-order valence-corrected chi connectivity index (χ4v) is 5.50. The van der Waals surface area contributed by atoms with E-state index in [1.807, 2.05) is 6.92 Å². The average Bonchev–Trinajstić information content (AvgIpc) is 2.67. The molecule has 148 valence electrons. The molecule has 2 rings (SSSR count). The zero-order chi connectivity index (χ0) is 19.9. The number of rotatable bonds is 10. The van der Waals surface area contributed by atoms with Crippen molar-refractivity contribution in [2.45, 2.75) is 29.9 Å². The topological polar surface area (TPSA) is 102 Å². The van der Waals surface area contributed by atoms with Crippen LogP contribution < -0.4 is 9.46 Å². The quantitative estimate of drug-likeness (QED) is 0.642. The summed E-state index contributed by atoms with van der Waals surface area (Å²) in [5, 5.41) is -1.09. The molecule has 7 nitrogen and oxygen atoms in total. The Kier molecular flexibility index (Phi) is 7.34. The number of pyridine rings is 1. The van der Waals surface area contributed by atoms with Crippen molar-refractivity contribution in [2.24, 2.45) is 0 Å². The molecular formula is C18H24N2O5S2. The van der Waals surface area contributed by atoms with E-state index in [-0.39, 0.29) is 17.2 Å². The number of nitrogens with one attached hydrogen (secondary N) is 1. The van der Waals surface area contributed by atoms with E-state index in [1.165, 1.54) is 31.6 Å². The molecule has 0 aliphatic rings. The van der Waals surface area contributed by atoms with Gasteiger partial charge in [0.1, 0.15) is 11.0 Å². The van der Waals surface area contributed by atoms with Crippen molar-refractivity contribution in [1.29, 1.82) is 0 Å². The first-order valence-electron chi connectivity index (χ1n) is 8.55. The fraction of sp³-hybridized carbons (Fsp3) is 0.389. The van der Waals surface area contributed by atoms with Crippen molar-refractivity contribution in [3.63, 3.8) is 0 Å². The number of sulfone groups is 1. The van der Waals surface area contributed by atoms with Crippen LogP contribution in [0.1, 0.15) is 30.6 Å². The van der Waals surface area contributed by atoms with Gasteiger partial charge in [-0.15, -0.1) is 0 Å². The molecule has 0 amide bonds. The maximum atomic E-state index is 13.2. The summed E-state index contributed by atoms with van der Waals surface area (Å²) in [5.41, 5.74) is 0.423. The van der Waals surface area contributed by atoms with Crippen molar-refractivity contribution >= 4 is 19.9 Å². The molecule has 0 fully saturated rings. The Morgan fingerprint density at radius 3 is 2.37 bits per heavy atom. The summed E-state index contributed by atoms with van der Waals surface area (Å²) in [6, 6.07) is 9.25. The molecule has 1 N–H and O–H groups in total. The van der Waals surface area contributed by atoms with Crippen LogP contribution in [-0.2, 0) is 19.9 Å². The molecule has 1 aromatic carbocycles. The number of sulfonamides is 1. The molecule has 0 saturated heterocycles. The lowest BCUT2D eigenvalue weighted by molar-refractivity contribution is 0.414. The average molecular weight is 413 g/mol. The second-order valence-electron chi connectivity index (χ2n) is 6.02. The van der Waals surface area contributed by atoms with Crippen LogP contribution in [0.15, 0.2) is 53.7 Å². The second kappa shape index (κ2) is 9.29. The third-order valence-electron chi connectivity index (χ3n) is 4.07. The molecule has 0 aliphatic heterocycles. The van der Waals surface area contributed by atoms with E-state index in [0.29, 0.717) is 17.7 Å². The monoisotopic (exact) mass is 412 g/mol. The zero-order valence-corrected chi connectivity index (χ0v) is 17.0. The van der Waals surface area contributed by atoms with Gasteiger partial charge in [-0.05, 0) is 42.3 Å². The number of aromatic nitrogens is 1. The van der Waals surface area contributed by atoms with E-state index in [9.17, 15) is 16.8 Å². The highest BCUT2D eigenvalue weighted by molar-refractivity contribution is 7.92. The highest BCUT2D eigenvalue weighted by Gasteiger charge is 2.30. The largest absolute Gasteiger partial charge is 0.497 e. The van der Waals surface area contributed by atoms with Gasteiger partial charge in [0.25, 0.3) is 0 Å². The molecule has 1 atom stereocenters. The van der Waals surface area contributed by atoms with E-state index in [4.69, 9.17) is 4.74 Å². The van der Waals surface area contributed by atoms with E-state index >= 15 is 0 Å². The van der Waals surface area contributed by atoms with Crippen molar-refractivity contribution in [3.8, 4) is 5.75 Å². The van der Waals surface area contributed by atoms with E-state index in [1.54, 1.807) is 24.3 Å². The van der Waals surface area contributed by atoms with Crippen molar-refractivity contribution in [1.82, 2.24) is 9.71 Å². The fourth-order valence-electron chi connectivity index (χ4n) is 2.51. The lowest BCUT2D eigenvalue weighted by atomic mass is 10.2. The van der Waals surface area contributed by atoms with Gasteiger partial charge >= 0.3 is 0 Å². The summed E-state index contributed by atoms with van der Waals surface area (Å²) in [7, 11) is -5.91. The molecule has 2 aromatic rings. The molecule has 0 bridgehead atoms.